The minimum Gasteiger partial charge on any atom is -0.392 e. The minimum atomic E-state index is -0.186. The normalized spacial score (nSPS) is 28.1. The molecule has 0 aliphatic heterocycles. The lowest BCUT2D eigenvalue weighted by atomic mass is 9.88. The van der Waals surface area contributed by atoms with E-state index in [2.05, 4.69) is 15.3 Å². The maximum Gasteiger partial charge on any atom is 0.0753 e. The van der Waals surface area contributed by atoms with Crippen molar-refractivity contribution in [2.45, 2.75) is 38.0 Å². The van der Waals surface area contributed by atoms with E-state index in [-0.39, 0.29) is 18.2 Å². The van der Waals surface area contributed by atoms with Crippen molar-refractivity contribution in [2.24, 2.45) is 0 Å². The Labute approximate surface area is 83.4 Å². The molecule has 1 heterocycles. The van der Waals surface area contributed by atoms with Gasteiger partial charge < -0.3 is 10.4 Å². The fraction of sp³-hybridized carbons (Fsp3) is 0.600. The molecule has 2 rings (SSSR count). The van der Waals surface area contributed by atoms with E-state index in [1.807, 2.05) is 6.92 Å². The van der Waals surface area contributed by atoms with E-state index in [1.54, 1.807) is 18.6 Å². The smallest absolute Gasteiger partial charge is 0.0753 e. The van der Waals surface area contributed by atoms with Crippen LogP contribution in [0.1, 0.15) is 31.5 Å². The highest BCUT2D eigenvalue weighted by Crippen LogP contribution is 2.22. The van der Waals surface area contributed by atoms with Crippen LogP contribution in [0.15, 0.2) is 18.6 Å². The Balaban J connectivity index is 1.92. The Hall–Kier alpha value is -1.00. The Morgan fingerprint density at radius 1 is 1.50 bits per heavy atom. The Morgan fingerprint density at radius 3 is 2.86 bits per heavy atom. The van der Waals surface area contributed by atoms with E-state index in [4.69, 9.17) is 0 Å². The van der Waals surface area contributed by atoms with Gasteiger partial charge in [-0.05, 0) is 19.8 Å². The van der Waals surface area contributed by atoms with Crippen LogP contribution in [0.4, 0.5) is 0 Å². The van der Waals surface area contributed by atoms with Crippen molar-refractivity contribution in [3.8, 4) is 0 Å². The van der Waals surface area contributed by atoms with Crippen molar-refractivity contribution >= 4 is 0 Å². The third kappa shape index (κ3) is 1.91. The van der Waals surface area contributed by atoms with Gasteiger partial charge in [-0.2, -0.15) is 0 Å². The van der Waals surface area contributed by atoms with Gasteiger partial charge in [0.05, 0.1) is 11.8 Å². The number of nitrogens with zero attached hydrogens (tertiary/aromatic N) is 2. The van der Waals surface area contributed by atoms with Gasteiger partial charge in [-0.15, -0.1) is 0 Å². The predicted molar refractivity (Wildman–Crippen MR) is 52.6 cm³/mol. The third-order valence-electron chi connectivity index (χ3n) is 2.73. The third-order valence-corrected chi connectivity index (χ3v) is 2.73. The molecule has 1 aliphatic carbocycles. The molecule has 0 spiro atoms. The molecule has 0 aromatic carbocycles. The zero-order valence-corrected chi connectivity index (χ0v) is 8.22. The number of hydrogen-bond acceptors (Lipinski definition) is 4. The Kier molecular flexibility index (Phi) is 2.74. The summed E-state index contributed by atoms with van der Waals surface area (Å²) < 4.78 is 0. The van der Waals surface area contributed by atoms with E-state index in [0.29, 0.717) is 0 Å². The standard InChI is InChI=1S/C10H15N3O/c1-7(9-6-11-4-5-12-9)13-8-2-3-10(8)14/h4-8,10,13-14H,2-3H2,1H3/t7?,8-,10-/m1/s1. The lowest BCUT2D eigenvalue weighted by Gasteiger charge is -2.35. The van der Waals surface area contributed by atoms with E-state index in [0.717, 1.165) is 18.5 Å². The lowest BCUT2D eigenvalue weighted by molar-refractivity contribution is 0.0447. The van der Waals surface area contributed by atoms with Crippen molar-refractivity contribution in [1.82, 2.24) is 15.3 Å². The number of aliphatic hydroxyl groups is 1. The molecule has 2 N–H and O–H groups in total. The van der Waals surface area contributed by atoms with Crippen molar-refractivity contribution in [1.29, 1.82) is 0 Å². The van der Waals surface area contributed by atoms with E-state index in [1.165, 1.54) is 0 Å². The van der Waals surface area contributed by atoms with Crippen LogP contribution in [-0.4, -0.2) is 27.2 Å². The number of hydrogen-bond donors (Lipinski definition) is 2. The first kappa shape index (κ1) is 9.55. The van der Waals surface area contributed by atoms with Crippen LogP contribution in [0.2, 0.25) is 0 Å². The van der Waals surface area contributed by atoms with E-state index < -0.39 is 0 Å². The molecule has 4 heteroatoms. The van der Waals surface area contributed by atoms with Gasteiger partial charge in [-0.1, -0.05) is 0 Å². The molecule has 14 heavy (non-hydrogen) atoms. The van der Waals surface area contributed by atoms with Crippen LogP contribution < -0.4 is 5.32 Å². The molecule has 0 amide bonds. The zero-order chi connectivity index (χ0) is 9.97. The molecule has 3 atom stereocenters. The van der Waals surface area contributed by atoms with E-state index >= 15 is 0 Å². The maximum atomic E-state index is 9.40. The molecular weight excluding hydrogens is 178 g/mol. The van der Waals surface area contributed by atoms with Crippen molar-refractivity contribution in [2.75, 3.05) is 0 Å². The fourth-order valence-corrected chi connectivity index (χ4v) is 1.62. The molecule has 1 aromatic rings. The molecule has 1 aromatic heterocycles. The summed E-state index contributed by atoms with van der Waals surface area (Å²) in [5.74, 6) is 0. The molecule has 1 saturated carbocycles. The second-order valence-corrected chi connectivity index (χ2v) is 3.77. The van der Waals surface area contributed by atoms with Crippen LogP contribution in [0.3, 0.4) is 0 Å². The summed E-state index contributed by atoms with van der Waals surface area (Å²) in [5.41, 5.74) is 0.923. The first-order chi connectivity index (χ1) is 6.77. The number of rotatable bonds is 3. The zero-order valence-electron chi connectivity index (χ0n) is 8.22. The van der Waals surface area contributed by atoms with Gasteiger partial charge >= 0.3 is 0 Å². The average Bonchev–Trinajstić information content (AvgIpc) is 2.24. The molecule has 1 fully saturated rings. The van der Waals surface area contributed by atoms with Gasteiger partial charge in [0.25, 0.3) is 0 Å². The topological polar surface area (TPSA) is 58.0 Å². The highest BCUT2D eigenvalue weighted by Gasteiger charge is 2.29. The molecule has 4 nitrogen and oxygen atoms in total. The summed E-state index contributed by atoms with van der Waals surface area (Å²) >= 11 is 0. The largest absolute Gasteiger partial charge is 0.392 e. The van der Waals surface area contributed by atoms with Crippen LogP contribution >= 0.6 is 0 Å². The molecule has 0 saturated heterocycles. The molecule has 1 aliphatic rings. The molecule has 76 valence electrons. The maximum absolute atomic E-state index is 9.40. The summed E-state index contributed by atoms with van der Waals surface area (Å²) in [4.78, 5) is 8.22. The first-order valence-electron chi connectivity index (χ1n) is 4.97. The van der Waals surface area contributed by atoms with Crippen LogP contribution in [-0.2, 0) is 0 Å². The molecular formula is C10H15N3O. The van der Waals surface area contributed by atoms with Crippen LogP contribution in [0.25, 0.3) is 0 Å². The summed E-state index contributed by atoms with van der Waals surface area (Å²) in [6, 6.07) is 0.385. The van der Waals surface area contributed by atoms with Crippen molar-refractivity contribution in [3.63, 3.8) is 0 Å². The summed E-state index contributed by atoms with van der Waals surface area (Å²) in [6.45, 7) is 2.04. The van der Waals surface area contributed by atoms with Gasteiger partial charge in [0.1, 0.15) is 0 Å². The number of aromatic nitrogens is 2. The van der Waals surface area contributed by atoms with Gasteiger partial charge in [0.2, 0.25) is 0 Å². The second-order valence-electron chi connectivity index (χ2n) is 3.77. The summed E-state index contributed by atoms with van der Waals surface area (Å²) in [6.07, 6.45) is 6.87. The van der Waals surface area contributed by atoms with Gasteiger partial charge in [0, 0.05) is 30.7 Å². The van der Waals surface area contributed by atoms with Gasteiger partial charge in [-0.25, -0.2) is 0 Å². The first-order valence-corrected chi connectivity index (χ1v) is 4.97. The van der Waals surface area contributed by atoms with Crippen molar-refractivity contribution < 1.29 is 5.11 Å². The predicted octanol–water partition coefficient (Wildman–Crippen LogP) is 0.650. The lowest BCUT2D eigenvalue weighted by Crippen LogP contribution is -2.48. The van der Waals surface area contributed by atoms with Crippen LogP contribution in [0.5, 0.6) is 0 Å². The van der Waals surface area contributed by atoms with Gasteiger partial charge in [-0.3, -0.25) is 9.97 Å². The molecule has 1 unspecified atom stereocenters. The quantitative estimate of drug-likeness (QED) is 0.740. The van der Waals surface area contributed by atoms with E-state index in [9.17, 15) is 5.11 Å². The van der Waals surface area contributed by atoms with Gasteiger partial charge in [0.15, 0.2) is 0 Å². The van der Waals surface area contributed by atoms with Crippen LogP contribution in [0, 0.1) is 0 Å². The summed E-state index contributed by atoms with van der Waals surface area (Å²) in [7, 11) is 0. The SMILES string of the molecule is CC(N[C@@H]1CC[C@H]1O)c1cnccn1. The summed E-state index contributed by atoms with van der Waals surface area (Å²) in [5, 5.41) is 12.7. The minimum absolute atomic E-state index is 0.156. The monoisotopic (exact) mass is 193 g/mol. The Bertz CT molecular complexity index is 291. The number of nitrogens with one attached hydrogen (secondary N) is 1. The van der Waals surface area contributed by atoms with Crippen molar-refractivity contribution in [3.05, 3.63) is 24.3 Å². The number of aliphatic hydroxyl groups excluding tert-OH is 1. The highest BCUT2D eigenvalue weighted by molar-refractivity contribution is 5.02. The second kappa shape index (κ2) is 4.02. The Morgan fingerprint density at radius 2 is 2.36 bits per heavy atom. The average molecular weight is 193 g/mol. The fourth-order valence-electron chi connectivity index (χ4n) is 1.62. The highest BCUT2D eigenvalue weighted by atomic mass is 16.3. The molecule has 0 radical (unpaired) electrons. The molecule has 0 bridgehead atoms.